The number of amides is 1. The lowest BCUT2D eigenvalue weighted by molar-refractivity contribution is 0.0428. The maximum absolute atomic E-state index is 14.8. The summed E-state index contributed by atoms with van der Waals surface area (Å²) in [6.45, 7) is 2.09. The van der Waals surface area contributed by atoms with Gasteiger partial charge < -0.3 is 10.0 Å². The number of fused-ring (bicyclic) bond motifs is 1. The third kappa shape index (κ3) is 3.06. The number of halogens is 2. The van der Waals surface area contributed by atoms with Crippen LogP contribution >= 0.6 is 0 Å². The van der Waals surface area contributed by atoms with Crippen molar-refractivity contribution < 1.29 is 23.5 Å². The molecule has 0 bridgehead atoms. The molecular weight excluding hydrogens is 380 g/mol. The maximum atomic E-state index is 14.8. The van der Waals surface area contributed by atoms with Gasteiger partial charge in [-0.05, 0) is 19.1 Å². The molecular formula is C21H17F2N3O3. The van der Waals surface area contributed by atoms with Crippen LogP contribution < -0.4 is 4.90 Å². The van der Waals surface area contributed by atoms with E-state index in [4.69, 9.17) is 0 Å². The number of carbonyl (C=O) groups is 2. The summed E-state index contributed by atoms with van der Waals surface area (Å²) >= 11 is 0. The Morgan fingerprint density at radius 2 is 1.72 bits per heavy atom. The van der Waals surface area contributed by atoms with Gasteiger partial charge in [-0.3, -0.25) is 9.48 Å². The van der Waals surface area contributed by atoms with Crippen LogP contribution in [-0.2, 0) is 12.5 Å². The van der Waals surface area contributed by atoms with Crippen LogP contribution in [0.2, 0.25) is 0 Å². The van der Waals surface area contributed by atoms with E-state index in [0.717, 1.165) is 6.20 Å². The molecule has 1 amide bonds. The monoisotopic (exact) mass is 397 g/mol. The van der Waals surface area contributed by atoms with Gasteiger partial charge in [0.2, 0.25) is 0 Å². The summed E-state index contributed by atoms with van der Waals surface area (Å²) in [4.78, 5) is 25.8. The molecule has 8 heteroatoms. The lowest BCUT2D eigenvalue weighted by atomic mass is 9.99. The fourth-order valence-electron chi connectivity index (χ4n) is 3.57. The van der Waals surface area contributed by atoms with Crippen LogP contribution in [0.3, 0.4) is 0 Å². The zero-order valence-corrected chi connectivity index (χ0v) is 15.4. The fraction of sp³-hybridized carbons (Fsp3) is 0.190. The van der Waals surface area contributed by atoms with Gasteiger partial charge in [0.1, 0.15) is 11.3 Å². The fourth-order valence-corrected chi connectivity index (χ4v) is 3.57. The summed E-state index contributed by atoms with van der Waals surface area (Å²) in [5.74, 6) is -4.94. The normalized spacial score (nSPS) is 16.6. The molecule has 2 aromatic carbocycles. The van der Waals surface area contributed by atoms with Gasteiger partial charge in [-0.1, -0.05) is 42.5 Å². The lowest BCUT2D eigenvalue weighted by Gasteiger charge is -2.34. The smallest absolute Gasteiger partial charge is 0.339 e. The van der Waals surface area contributed by atoms with Crippen molar-refractivity contribution in [1.82, 2.24) is 9.78 Å². The number of carboxylic acid groups (broad SMARTS) is 1. The summed E-state index contributed by atoms with van der Waals surface area (Å²) in [6.07, 6.45) is 1.15. The highest BCUT2D eigenvalue weighted by Gasteiger charge is 2.37. The first kappa shape index (κ1) is 18.8. The van der Waals surface area contributed by atoms with Crippen molar-refractivity contribution in [2.24, 2.45) is 0 Å². The number of nitrogens with zero attached hydrogens (tertiary/aromatic N) is 3. The highest BCUT2D eigenvalue weighted by molar-refractivity contribution is 6.11. The molecule has 1 N–H and O–H groups in total. The minimum Gasteiger partial charge on any atom is -0.478 e. The molecule has 1 aliphatic heterocycles. The largest absolute Gasteiger partial charge is 0.478 e. The quantitative estimate of drug-likeness (QED) is 0.727. The molecule has 6 nitrogen and oxygen atoms in total. The molecule has 148 valence electrons. The second-order valence-electron chi connectivity index (χ2n) is 6.91. The number of carbonyl (C=O) groups excluding carboxylic acids is 1. The Hall–Kier alpha value is -3.55. The van der Waals surface area contributed by atoms with Crippen LogP contribution in [0.5, 0.6) is 0 Å². The Balaban J connectivity index is 1.68. The van der Waals surface area contributed by atoms with E-state index in [2.05, 4.69) is 5.10 Å². The second-order valence-corrected chi connectivity index (χ2v) is 6.91. The second kappa shape index (κ2) is 6.80. The predicted octanol–water partition coefficient (Wildman–Crippen LogP) is 3.77. The molecule has 3 aromatic rings. The number of alkyl halides is 2. The van der Waals surface area contributed by atoms with Crippen molar-refractivity contribution >= 4 is 17.6 Å². The predicted molar refractivity (Wildman–Crippen MR) is 101 cm³/mol. The standard InChI is InChI=1S/C21H17F2N3O3/c1-13-12-25-18(17(11-24-25)20(28)29)19(27)26(13)16-9-7-15(8-10-16)21(22,23)14-5-3-2-4-6-14/h2-11,13H,12H2,1H3,(H,28,29). The zero-order chi connectivity index (χ0) is 20.8. The molecule has 0 saturated heterocycles. The van der Waals surface area contributed by atoms with Crippen LogP contribution in [-0.4, -0.2) is 32.8 Å². The Labute approximate surface area is 165 Å². The third-order valence-corrected chi connectivity index (χ3v) is 5.01. The van der Waals surface area contributed by atoms with E-state index >= 15 is 0 Å². The van der Waals surface area contributed by atoms with Crippen molar-refractivity contribution in [2.75, 3.05) is 4.90 Å². The van der Waals surface area contributed by atoms with E-state index in [1.54, 1.807) is 25.1 Å². The minimum atomic E-state index is -3.17. The zero-order valence-electron chi connectivity index (χ0n) is 15.4. The van der Waals surface area contributed by atoms with Crippen molar-refractivity contribution in [1.29, 1.82) is 0 Å². The summed E-state index contributed by atoms with van der Waals surface area (Å²) in [5.41, 5.74) is -0.0988. The van der Waals surface area contributed by atoms with E-state index in [9.17, 15) is 23.5 Å². The molecule has 1 unspecified atom stereocenters. The van der Waals surface area contributed by atoms with Gasteiger partial charge in [-0.15, -0.1) is 0 Å². The maximum Gasteiger partial charge on any atom is 0.339 e. The minimum absolute atomic E-state index is 0.0192. The molecule has 0 spiro atoms. The molecule has 0 aliphatic carbocycles. The first-order chi connectivity index (χ1) is 13.8. The number of benzene rings is 2. The number of carboxylic acids is 1. The van der Waals surface area contributed by atoms with Crippen molar-refractivity contribution in [2.45, 2.75) is 25.4 Å². The first-order valence-electron chi connectivity index (χ1n) is 8.97. The van der Waals surface area contributed by atoms with E-state index in [1.807, 2.05) is 0 Å². The summed E-state index contributed by atoms with van der Waals surface area (Å²) in [7, 11) is 0. The van der Waals surface area contributed by atoms with Gasteiger partial charge in [-0.2, -0.15) is 13.9 Å². The molecule has 29 heavy (non-hydrogen) atoms. The molecule has 1 atom stereocenters. The number of rotatable bonds is 4. The van der Waals surface area contributed by atoms with Crippen LogP contribution in [0.4, 0.5) is 14.5 Å². The van der Waals surface area contributed by atoms with Crippen molar-refractivity contribution in [3.8, 4) is 0 Å². The summed E-state index contributed by atoms with van der Waals surface area (Å²) < 4.78 is 30.9. The van der Waals surface area contributed by atoms with Crippen molar-refractivity contribution in [3.05, 3.63) is 83.2 Å². The SMILES string of the molecule is CC1Cn2ncc(C(=O)O)c2C(=O)N1c1ccc(C(F)(F)c2ccccc2)cc1. The summed E-state index contributed by atoms with van der Waals surface area (Å²) in [6, 6.07) is 12.6. The highest BCUT2D eigenvalue weighted by atomic mass is 19.3. The van der Waals surface area contributed by atoms with E-state index in [0.29, 0.717) is 12.2 Å². The lowest BCUT2D eigenvalue weighted by Crippen LogP contribution is -2.47. The molecule has 0 radical (unpaired) electrons. The number of aromatic carboxylic acids is 1. The molecule has 4 rings (SSSR count). The number of aromatic nitrogens is 2. The average Bonchev–Trinajstić information content (AvgIpc) is 3.13. The van der Waals surface area contributed by atoms with Gasteiger partial charge in [0, 0.05) is 16.8 Å². The molecule has 0 fully saturated rings. The molecule has 1 aromatic heterocycles. The van der Waals surface area contributed by atoms with E-state index in [1.165, 1.54) is 46.0 Å². The Morgan fingerprint density at radius 1 is 1.10 bits per heavy atom. The van der Waals surface area contributed by atoms with Crippen LogP contribution in [0.15, 0.2) is 60.8 Å². The molecule has 1 aliphatic rings. The average molecular weight is 397 g/mol. The van der Waals surface area contributed by atoms with Gasteiger partial charge in [0.25, 0.3) is 11.8 Å². The van der Waals surface area contributed by atoms with Crippen molar-refractivity contribution in [3.63, 3.8) is 0 Å². The van der Waals surface area contributed by atoms with E-state index < -0.39 is 17.8 Å². The molecule has 0 saturated carbocycles. The van der Waals surface area contributed by atoms with Gasteiger partial charge >= 0.3 is 5.97 Å². The number of hydrogen-bond acceptors (Lipinski definition) is 3. The third-order valence-electron chi connectivity index (χ3n) is 5.01. The Bertz CT molecular complexity index is 1080. The Kier molecular flexibility index (Phi) is 4.41. The first-order valence-corrected chi connectivity index (χ1v) is 8.97. The highest BCUT2D eigenvalue weighted by Crippen LogP contribution is 2.37. The molecule has 2 heterocycles. The topological polar surface area (TPSA) is 75.4 Å². The number of hydrogen-bond donors (Lipinski definition) is 1. The Morgan fingerprint density at radius 3 is 2.34 bits per heavy atom. The van der Waals surface area contributed by atoms with E-state index in [-0.39, 0.29) is 28.4 Å². The van der Waals surface area contributed by atoms with Gasteiger partial charge in [0.05, 0.1) is 18.8 Å². The van der Waals surface area contributed by atoms with Gasteiger partial charge in [0.15, 0.2) is 0 Å². The van der Waals surface area contributed by atoms with Gasteiger partial charge in [-0.25, -0.2) is 4.79 Å². The van der Waals surface area contributed by atoms with Crippen LogP contribution in [0, 0.1) is 0 Å². The summed E-state index contributed by atoms with van der Waals surface area (Å²) in [5, 5.41) is 13.3. The number of anilines is 1. The van der Waals surface area contributed by atoms with Crippen LogP contribution in [0.25, 0.3) is 0 Å². The van der Waals surface area contributed by atoms with Crippen LogP contribution in [0.1, 0.15) is 38.9 Å².